The van der Waals surface area contributed by atoms with E-state index in [0.29, 0.717) is 18.8 Å². The van der Waals surface area contributed by atoms with Gasteiger partial charge in [0.15, 0.2) is 0 Å². The molecule has 0 fully saturated rings. The molecule has 4 heteroatoms. The van der Waals surface area contributed by atoms with Gasteiger partial charge >= 0.3 is 0 Å². The van der Waals surface area contributed by atoms with Gasteiger partial charge in [-0.25, -0.2) is 4.68 Å². The van der Waals surface area contributed by atoms with E-state index in [2.05, 4.69) is 16.9 Å². The van der Waals surface area contributed by atoms with Gasteiger partial charge in [-0.1, -0.05) is 0 Å². The zero-order valence-corrected chi connectivity index (χ0v) is 7.45. The van der Waals surface area contributed by atoms with Crippen LogP contribution in [0.15, 0.2) is 16.9 Å². The smallest absolute Gasteiger partial charge is 0.266 e. The van der Waals surface area contributed by atoms with Crippen molar-refractivity contribution in [3.63, 3.8) is 0 Å². The Bertz CT molecular complexity index is 397. The maximum atomic E-state index is 11.2. The number of rotatable bonds is 2. The van der Waals surface area contributed by atoms with Gasteiger partial charge in [0.25, 0.3) is 5.56 Å². The predicted octanol–water partition coefficient (Wildman–Crippen LogP) is 0.239. The molecule has 1 aromatic rings. The van der Waals surface area contributed by atoms with Crippen LogP contribution < -0.4 is 11.3 Å². The molecule has 0 spiro atoms. The summed E-state index contributed by atoms with van der Waals surface area (Å²) in [6.07, 6.45) is 0.618. The second-order valence-corrected chi connectivity index (χ2v) is 2.50. The van der Waals surface area contributed by atoms with E-state index in [4.69, 9.17) is 5.73 Å². The number of nitrogen functional groups attached to an aromatic ring is 1. The van der Waals surface area contributed by atoms with E-state index in [1.165, 1.54) is 16.8 Å². The van der Waals surface area contributed by atoms with E-state index in [1.807, 2.05) is 0 Å². The molecule has 0 aliphatic heterocycles. The Morgan fingerprint density at radius 2 is 2.38 bits per heavy atom. The first-order chi connectivity index (χ1) is 6.24. The van der Waals surface area contributed by atoms with Crippen molar-refractivity contribution in [3.8, 4) is 11.8 Å². The van der Waals surface area contributed by atoms with Gasteiger partial charge in [-0.05, 0) is 13.0 Å². The van der Waals surface area contributed by atoms with Crippen LogP contribution in [-0.2, 0) is 6.54 Å². The van der Waals surface area contributed by atoms with Crippen molar-refractivity contribution in [2.24, 2.45) is 0 Å². The lowest BCUT2D eigenvalue weighted by Gasteiger charge is -2.00. The lowest BCUT2D eigenvalue weighted by molar-refractivity contribution is 0.594. The topological polar surface area (TPSA) is 60.9 Å². The Kier molecular flexibility index (Phi) is 3.09. The van der Waals surface area contributed by atoms with Crippen LogP contribution in [0.3, 0.4) is 0 Å². The van der Waals surface area contributed by atoms with Crippen LogP contribution in [0.1, 0.15) is 13.3 Å². The molecule has 0 unspecified atom stereocenters. The quantitative estimate of drug-likeness (QED) is 0.658. The minimum Gasteiger partial charge on any atom is -0.382 e. The first-order valence-corrected chi connectivity index (χ1v) is 3.97. The highest BCUT2D eigenvalue weighted by Crippen LogP contribution is 1.90. The lowest BCUT2D eigenvalue weighted by atomic mass is 10.4. The van der Waals surface area contributed by atoms with Crippen molar-refractivity contribution in [2.75, 3.05) is 5.73 Å². The van der Waals surface area contributed by atoms with Crippen molar-refractivity contribution in [1.82, 2.24) is 9.78 Å². The number of anilines is 1. The van der Waals surface area contributed by atoms with Crippen molar-refractivity contribution >= 4 is 5.82 Å². The number of hydrogen-bond acceptors (Lipinski definition) is 3. The predicted molar refractivity (Wildman–Crippen MR) is 51.0 cm³/mol. The van der Waals surface area contributed by atoms with E-state index in [-0.39, 0.29) is 5.56 Å². The number of nitrogens with zero attached hydrogens (tertiary/aromatic N) is 2. The maximum Gasteiger partial charge on any atom is 0.266 e. The van der Waals surface area contributed by atoms with E-state index in [0.717, 1.165) is 0 Å². The van der Waals surface area contributed by atoms with Gasteiger partial charge in [-0.15, -0.1) is 11.8 Å². The largest absolute Gasteiger partial charge is 0.382 e. The molecule has 0 amide bonds. The molecule has 68 valence electrons. The fourth-order valence-corrected chi connectivity index (χ4v) is 0.912. The number of nitrogens with two attached hydrogens (primary N) is 1. The molecule has 0 bridgehead atoms. The Morgan fingerprint density at radius 3 is 3.08 bits per heavy atom. The summed E-state index contributed by atoms with van der Waals surface area (Å²) >= 11 is 0. The average Bonchev–Trinajstić information content (AvgIpc) is 2.11. The van der Waals surface area contributed by atoms with Crippen LogP contribution in [-0.4, -0.2) is 9.78 Å². The van der Waals surface area contributed by atoms with Crippen LogP contribution in [0.2, 0.25) is 0 Å². The molecule has 13 heavy (non-hydrogen) atoms. The molecular formula is C9H11N3O. The molecule has 0 radical (unpaired) electrons. The zero-order chi connectivity index (χ0) is 9.68. The summed E-state index contributed by atoms with van der Waals surface area (Å²) in [5, 5.41) is 3.86. The standard InChI is InChI=1S/C9H11N3O/c1-2-3-4-7-12-9(13)6-5-8(10)11-12/h5-6H,4,7H2,1H3,(H2,10,11). The molecule has 0 saturated carbocycles. The normalized spacial score (nSPS) is 9.00. The molecule has 1 rings (SSSR count). The Labute approximate surface area is 76.4 Å². The highest BCUT2D eigenvalue weighted by atomic mass is 16.1. The summed E-state index contributed by atoms with van der Waals surface area (Å²) in [7, 11) is 0. The fraction of sp³-hybridized carbons (Fsp3) is 0.333. The number of hydrogen-bond donors (Lipinski definition) is 1. The van der Waals surface area contributed by atoms with Crippen LogP contribution in [0.4, 0.5) is 5.82 Å². The van der Waals surface area contributed by atoms with E-state index in [1.54, 1.807) is 6.92 Å². The summed E-state index contributed by atoms with van der Waals surface area (Å²) in [4.78, 5) is 11.2. The minimum absolute atomic E-state index is 0.146. The van der Waals surface area contributed by atoms with Gasteiger partial charge in [0.05, 0.1) is 6.54 Å². The molecule has 2 N–H and O–H groups in total. The Morgan fingerprint density at radius 1 is 1.62 bits per heavy atom. The molecule has 1 aromatic heterocycles. The summed E-state index contributed by atoms with van der Waals surface area (Å²) in [6, 6.07) is 2.89. The third-order valence-corrected chi connectivity index (χ3v) is 1.51. The highest BCUT2D eigenvalue weighted by molar-refractivity contribution is 5.23. The van der Waals surface area contributed by atoms with Crippen LogP contribution >= 0.6 is 0 Å². The van der Waals surface area contributed by atoms with Gasteiger partial charge in [0.2, 0.25) is 0 Å². The summed E-state index contributed by atoms with van der Waals surface area (Å²) in [5.41, 5.74) is 5.28. The van der Waals surface area contributed by atoms with Crippen LogP contribution in [0.5, 0.6) is 0 Å². The van der Waals surface area contributed by atoms with E-state index >= 15 is 0 Å². The molecule has 1 heterocycles. The first kappa shape index (κ1) is 9.33. The molecule has 0 atom stereocenters. The number of aromatic nitrogens is 2. The van der Waals surface area contributed by atoms with E-state index < -0.39 is 0 Å². The summed E-state index contributed by atoms with van der Waals surface area (Å²) < 4.78 is 1.32. The Hall–Kier alpha value is -1.76. The van der Waals surface area contributed by atoms with Crippen LogP contribution in [0.25, 0.3) is 0 Å². The van der Waals surface area contributed by atoms with E-state index in [9.17, 15) is 4.79 Å². The fourth-order valence-electron chi connectivity index (χ4n) is 0.912. The third kappa shape index (κ3) is 2.64. The molecule has 4 nitrogen and oxygen atoms in total. The van der Waals surface area contributed by atoms with Gasteiger partial charge in [-0.3, -0.25) is 4.79 Å². The molecule has 0 saturated heterocycles. The second-order valence-electron chi connectivity index (χ2n) is 2.50. The summed E-state index contributed by atoms with van der Waals surface area (Å²) in [5.74, 6) is 5.95. The monoisotopic (exact) mass is 177 g/mol. The van der Waals surface area contributed by atoms with Gasteiger partial charge < -0.3 is 5.73 Å². The first-order valence-electron chi connectivity index (χ1n) is 3.97. The Balaban J connectivity index is 2.79. The van der Waals surface area contributed by atoms with Crippen molar-refractivity contribution < 1.29 is 0 Å². The number of aryl methyl sites for hydroxylation is 1. The van der Waals surface area contributed by atoms with Gasteiger partial charge in [0.1, 0.15) is 5.82 Å². The van der Waals surface area contributed by atoms with Crippen molar-refractivity contribution in [1.29, 1.82) is 0 Å². The molecular weight excluding hydrogens is 166 g/mol. The minimum atomic E-state index is -0.146. The maximum absolute atomic E-state index is 11.2. The van der Waals surface area contributed by atoms with Crippen LogP contribution in [0, 0.1) is 11.8 Å². The average molecular weight is 177 g/mol. The molecule has 0 aliphatic rings. The van der Waals surface area contributed by atoms with Crippen molar-refractivity contribution in [3.05, 3.63) is 22.5 Å². The highest BCUT2D eigenvalue weighted by Gasteiger charge is 1.95. The zero-order valence-electron chi connectivity index (χ0n) is 7.45. The van der Waals surface area contributed by atoms with Gasteiger partial charge in [-0.2, -0.15) is 5.10 Å². The lowest BCUT2D eigenvalue weighted by Crippen LogP contribution is -2.22. The molecule has 0 aliphatic carbocycles. The van der Waals surface area contributed by atoms with Crippen molar-refractivity contribution in [2.45, 2.75) is 19.9 Å². The third-order valence-electron chi connectivity index (χ3n) is 1.51. The second kappa shape index (κ2) is 4.31. The van der Waals surface area contributed by atoms with Gasteiger partial charge in [0, 0.05) is 12.5 Å². The SMILES string of the molecule is CC#CCCn1nc(N)ccc1=O. The summed E-state index contributed by atoms with van der Waals surface area (Å²) in [6.45, 7) is 2.25. The molecule has 0 aromatic carbocycles.